The number of carboxylic acids is 3. The van der Waals surface area contributed by atoms with Gasteiger partial charge < -0.3 is 70.0 Å². The first kappa shape index (κ1) is 118. The first-order valence-corrected chi connectivity index (χ1v) is 44.0. The predicted molar refractivity (Wildman–Crippen MR) is 526 cm³/mol. The van der Waals surface area contributed by atoms with Gasteiger partial charge in [0, 0.05) is 49.6 Å². The molecule has 0 spiro atoms. The fourth-order valence-corrected chi connectivity index (χ4v) is 13.5. The van der Waals surface area contributed by atoms with Crippen molar-refractivity contribution in [3.8, 4) is 23.0 Å². The quantitative estimate of drug-likeness (QED) is 0.00732. The summed E-state index contributed by atoms with van der Waals surface area (Å²) in [7, 11) is 9.32. The van der Waals surface area contributed by atoms with Crippen LogP contribution < -0.4 is 24.7 Å². The van der Waals surface area contributed by atoms with E-state index in [9.17, 15) is 28.8 Å². The summed E-state index contributed by atoms with van der Waals surface area (Å²) < 4.78 is 34.1. The summed E-state index contributed by atoms with van der Waals surface area (Å²) in [5.74, 6) is 1.67. The van der Waals surface area contributed by atoms with Crippen LogP contribution in [0, 0.1) is 17.3 Å². The number of carboxylic acid groups (broad SMARTS) is 3. The molecule has 0 heterocycles. The lowest BCUT2D eigenvalue weighted by atomic mass is 9.99. The number of ether oxygens (including phenoxy) is 6. The standard InChI is InChI=1S/C19H19BrO.2C11H13BrO2.C11H10N2O2.C11H12O2.C10H10O2.C9H9BrO.C8H11N.C8H8O.C3H4O4.3CO2/c1-19(11-10-14-6-4-3-5-7-14)13-17(19)16-12-15(21-2)8-9-18(16)20;2*1-14-8-2-3-11(12)10(5-8)9-4-7(9)6-13;1-15-11(14)10(13-12)8-7-9-5-3-2-4-6-9;1-13-11(12)9-5-8-10-6-3-2-4-7-10;11-10(12)8-4-7-9-5-2-1-3-6-9;1-3-7-6-8(11-2)4-5-9(7)10;1-7(9)8-5-3-2-4-6-8;9-7-6-8-4-2-1-3-5-8;4-2(5)1-3(6)7;3*2-1-3/h3-12,17H,13H2,1-2H3;2*2-3,5,7,9,13H,4,6H2,1H3;2-8H,1H3;2-8H,9H2,1H3;1-7H,8H2,(H,11,12);3-6H,1H2,2H3;2-7H,9H2,1H3;1-5,7H,6H2;1H2,(H,4,5)(H,6,7);;;/b11-10+;;;8-7+;8-5+;7-4+;;;;;;;/t17-,19-;2*7-,9-;;;;;7-;;;;;/m011....1...../s1. The number of carbonyl (C=O) groups is 6. The van der Waals surface area contributed by atoms with Crippen molar-refractivity contribution in [3.05, 3.63) is 365 Å². The Hall–Kier alpha value is -13.6. The van der Waals surface area contributed by atoms with Gasteiger partial charge >= 0.3 is 54.0 Å². The summed E-state index contributed by atoms with van der Waals surface area (Å²) in [5.41, 5.74) is 25.7. The fourth-order valence-electron chi connectivity index (χ4n) is 11.5. The highest BCUT2D eigenvalue weighted by Gasteiger charge is 2.49. The van der Waals surface area contributed by atoms with E-state index in [4.69, 9.17) is 84.5 Å². The molecule has 3 aliphatic carbocycles. The van der Waals surface area contributed by atoms with Gasteiger partial charge in [-0.05, 0) is 196 Å². The lowest BCUT2D eigenvalue weighted by molar-refractivity contribution is -0.193. The van der Waals surface area contributed by atoms with Gasteiger partial charge in [0.15, 0.2) is 0 Å². The van der Waals surface area contributed by atoms with Crippen LogP contribution in [-0.2, 0) is 73.4 Å². The number of hydrogen-bond acceptors (Lipinski definition) is 21. The van der Waals surface area contributed by atoms with Crippen LogP contribution in [0.3, 0.4) is 0 Å². The number of rotatable bonds is 26. The Balaban J connectivity index is 0.000000745. The molecule has 0 amide bonds. The molecule has 7 N–H and O–H groups in total. The van der Waals surface area contributed by atoms with Crippen molar-refractivity contribution in [3.63, 3.8) is 0 Å². The smallest absolute Gasteiger partial charge is 0.421 e. The second-order valence-corrected chi connectivity index (χ2v) is 31.7. The molecule has 3 fully saturated rings. The van der Waals surface area contributed by atoms with Crippen molar-refractivity contribution in [2.24, 2.45) is 23.0 Å². The summed E-state index contributed by atoms with van der Waals surface area (Å²) >= 11 is 14.1. The van der Waals surface area contributed by atoms with Crippen LogP contribution >= 0.6 is 63.7 Å². The molecular weight excluding hydrogens is 1980 g/mol. The van der Waals surface area contributed by atoms with E-state index in [2.05, 4.69) is 140 Å². The lowest BCUT2D eigenvalue weighted by Gasteiger charge is -2.10. The molecule has 134 heavy (non-hydrogen) atoms. The minimum absolute atomic E-state index is 0.0783. The van der Waals surface area contributed by atoms with Gasteiger partial charge in [-0.15, -0.1) is 0 Å². The Bertz CT molecular complexity index is 5330. The zero-order valence-corrected chi connectivity index (χ0v) is 81.5. The number of halogens is 4. The second kappa shape index (κ2) is 71.2. The number of allylic oxidation sites excluding steroid dienone is 1. The van der Waals surface area contributed by atoms with Crippen molar-refractivity contribution in [2.75, 3.05) is 55.9 Å². The summed E-state index contributed by atoms with van der Waals surface area (Å²) in [6.45, 7) is 8.56. The van der Waals surface area contributed by atoms with Gasteiger partial charge in [0.2, 0.25) is 0 Å². The number of nitrogens with two attached hydrogens (primary N) is 1. The molecule has 0 saturated heterocycles. The van der Waals surface area contributed by atoms with Gasteiger partial charge in [0.25, 0.3) is 0 Å². The summed E-state index contributed by atoms with van der Waals surface area (Å²) in [6.07, 6.45) is 21.7. The molecule has 7 atom stereocenters. The van der Waals surface area contributed by atoms with Crippen LogP contribution in [0.25, 0.3) is 35.9 Å². The topological polar surface area (TPSA) is 424 Å². The minimum atomic E-state index is -1.31. The van der Waals surface area contributed by atoms with Crippen LogP contribution in [-0.4, -0.2) is 146 Å². The maximum absolute atomic E-state index is 11.0. The third kappa shape index (κ3) is 51.9. The molecule has 0 radical (unpaired) electrons. The Kier molecular flexibility index (Phi) is 62.9. The molecule has 0 unspecified atom stereocenters. The molecular formula is C104H109Br4N3O23. The van der Waals surface area contributed by atoms with Crippen molar-refractivity contribution in [1.29, 1.82) is 0 Å². The number of hydrogen-bond donors (Lipinski definition) is 6. The molecule has 3 saturated carbocycles. The number of aliphatic hydroxyl groups is 2. The highest BCUT2D eigenvalue weighted by Crippen LogP contribution is 2.62. The van der Waals surface area contributed by atoms with E-state index in [-0.39, 0.29) is 61.2 Å². The van der Waals surface area contributed by atoms with Crippen LogP contribution in [0.2, 0.25) is 0 Å². The van der Waals surface area contributed by atoms with Gasteiger partial charge in [-0.2, -0.15) is 33.6 Å². The number of methoxy groups -OCH3 is 6. The molecule has 10 aromatic carbocycles. The average molecular weight is 2090 g/mol. The molecule has 0 aromatic heterocycles. The summed E-state index contributed by atoms with van der Waals surface area (Å²) in [4.78, 5) is 112. The zero-order valence-electron chi connectivity index (χ0n) is 75.1. The van der Waals surface area contributed by atoms with E-state index < -0.39 is 30.3 Å². The number of aliphatic carboxylic acids is 3. The molecule has 3 aliphatic rings. The van der Waals surface area contributed by atoms with E-state index in [0.717, 1.165) is 83.4 Å². The van der Waals surface area contributed by atoms with Crippen molar-refractivity contribution >= 4 is 154 Å². The van der Waals surface area contributed by atoms with E-state index in [0.29, 0.717) is 42.4 Å². The highest BCUT2D eigenvalue weighted by molar-refractivity contribution is 9.11. The number of esters is 2. The van der Waals surface area contributed by atoms with Crippen molar-refractivity contribution < 1.29 is 116 Å². The molecule has 10 aromatic rings. The molecule has 13 rings (SSSR count). The average Bonchev–Trinajstić information content (AvgIpc) is 1.59. The fraction of sp³-hybridized carbons (Fsp3) is 0.231. The molecule has 26 nitrogen and oxygen atoms in total. The van der Waals surface area contributed by atoms with Crippen LogP contribution in [0.1, 0.15) is 132 Å². The number of aliphatic hydroxyl groups excluding tert-OH is 2. The number of aldehydes is 1. The maximum Gasteiger partial charge on any atom is 0.421 e. The minimum Gasteiger partial charge on any atom is -0.497 e. The van der Waals surface area contributed by atoms with Crippen LogP contribution in [0.15, 0.2) is 304 Å². The van der Waals surface area contributed by atoms with E-state index in [1.54, 1.807) is 58.8 Å². The molecule has 0 aliphatic heterocycles. The van der Waals surface area contributed by atoms with Crippen LogP contribution in [0.5, 0.6) is 23.0 Å². The highest BCUT2D eigenvalue weighted by atomic mass is 79.9. The lowest BCUT2D eigenvalue weighted by Crippen LogP contribution is -2.13. The molecule has 706 valence electrons. The van der Waals surface area contributed by atoms with Gasteiger partial charge in [-0.25, -0.2) is 4.79 Å². The van der Waals surface area contributed by atoms with Gasteiger partial charge in [0.05, 0.1) is 55.5 Å². The number of carbonyl (C=O) groups excluding carboxylic acids is 9. The Labute approximate surface area is 814 Å². The third-order valence-corrected chi connectivity index (χ3v) is 21.7. The van der Waals surface area contributed by atoms with Gasteiger partial charge in [0.1, 0.15) is 35.7 Å². The van der Waals surface area contributed by atoms with E-state index >= 15 is 0 Å². The third-order valence-electron chi connectivity index (χ3n) is 18.8. The Morgan fingerprint density at radius 1 is 0.493 bits per heavy atom. The number of benzene rings is 10. The zero-order chi connectivity index (χ0) is 100. The van der Waals surface area contributed by atoms with Crippen LogP contribution in [0.4, 0.5) is 0 Å². The molecule has 30 heteroatoms. The summed E-state index contributed by atoms with van der Waals surface area (Å²) in [6, 6.07) is 83.1. The maximum atomic E-state index is 11.0. The van der Waals surface area contributed by atoms with Gasteiger partial charge in [-0.3, -0.25) is 19.2 Å². The Morgan fingerprint density at radius 3 is 1.16 bits per heavy atom. The monoisotopic (exact) mass is 2080 g/mol. The first-order chi connectivity index (χ1) is 64.4. The van der Waals surface area contributed by atoms with E-state index in [1.165, 1.54) is 59.0 Å². The SMILES string of the molecule is C=Cc1cc(OC)ccc1Br.COC(=O)C(/C=C/c1ccccc1)=[N+]=[N-].COC(=O)C/C=C/c1ccccc1.COc1ccc(Br)c([C@@H]2C[C@@H]2CO)c1.COc1ccc(Br)c([C@@H]2C[C@@H]2CO)c1.COc1ccc(Br)c([C@@H]2C[C@]2(C)/C=C/c2ccccc2)c1.C[C@@H](N)c1ccccc1.O=C(O)C/C=C/c1ccccc1.O=C(O)CC(=O)O.O=C=O.O=C=O.O=C=O.O=CCc1ccccc1. The van der Waals surface area contributed by atoms with Gasteiger partial charge in [-0.1, -0.05) is 302 Å². The normalized spacial score (nSPS) is 14.8. The number of nitrogens with zero attached hydrogens (tertiary/aromatic N) is 2. The largest absolute Gasteiger partial charge is 0.497 e. The van der Waals surface area contributed by atoms with E-state index in [1.807, 2.05) is 231 Å². The first-order valence-electron chi connectivity index (χ1n) is 40.8. The Morgan fingerprint density at radius 2 is 0.843 bits per heavy atom. The van der Waals surface area contributed by atoms with Crippen molar-refractivity contribution in [1.82, 2.24) is 0 Å². The van der Waals surface area contributed by atoms with Crippen molar-refractivity contribution in [2.45, 2.75) is 82.6 Å². The predicted octanol–water partition coefficient (Wildman–Crippen LogP) is 20.8. The molecule has 0 bridgehead atoms. The summed E-state index contributed by atoms with van der Waals surface area (Å²) in [5, 5.41) is 41.8. The second-order valence-electron chi connectivity index (χ2n) is 28.3.